The zero-order valence-electron chi connectivity index (χ0n) is 14.4. The Hall–Kier alpha value is -0.920. The van der Waals surface area contributed by atoms with E-state index in [2.05, 4.69) is 45.9 Å². The van der Waals surface area contributed by atoms with E-state index in [1.165, 1.54) is 16.7 Å². The van der Waals surface area contributed by atoms with Gasteiger partial charge in [0.15, 0.2) is 8.03 Å². The molecule has 22 heavy (non-hydrogen) atoms. The van der Waals surface area contributed by atoms with E-state index in [4.69, 9.17) is 4.89 Å². The molecular formula is C18H31O3P. The average Bonchev–Trinajstić information content (AvgIpc) is 2.37. The molecule has 0 heterocycles. The fourth-order valence-electron chi connectivity index (χ4n) is 2.08. The van der Waals surface area contributed by atoms with Crippen molar-refractivity contribution in [3.63, 3.8) is 0 Å². The molecule has 0 spiro atoms. The molecule has 0 amide bonds. The van der Waals surface area contributed by atoms with Crippen LogP contribution in [0.4, 0.5) is 0 Å². The number of hydrogen-bond acceptors (Lipinski definition) is 2. The summed E-state index contributed by atoms with van der Waals surface area (Å²) in [6.45, 7) is 8.49. The van der Waals surface area contributed by atoms with E-state index < -0.39 is 8.03 Å². The van der Waals surface area contributed by atoms with Gasteiger partial charge >= 0.3 is 0 Å². The normalized spacial score (nSPS) is 13.9. The van der Waals surface area contributed by atoms with Crippen LogP contribution >= 0.6 is 8.03 Å². The fourth-order valence-corrected chi connectivity index (χ4v) is 2.59. The Morgan fingerprint density at radius 3 is 1.77 bits per heavy atom. The maximum Gasteiger partial charge on any atom is 0.196 e. The van der Waals surface area contributed by atoms with Gasteiger partial charge in [-0.3, -0.25) is 9.36 Å². The van der Waals surface area contributed by atoms with Crippen molar-refractivity contribution in [3.05, 3.63) is 34.9 Å². The zero-order valence-corrected chi connectivity index (χ0v) is 15.4. The third-order valence-electron chi connectivity index (χ3n) is 3.39. The largest absolute Gasteiger partial charge is 0.346 e. The minimum absolute atomic E-state index is 0.120. The lowest BCUT2D eigenvalue weighted by molar-refractivity contribution is -0.116. The van der Waals surface area contributed by atoms with Crippen molar-refractivity contribution in [1.29, 1.82) is 0 Å². The van der Waals surface area contributed by atoms with Crippen LogP contribution in [0.2, 0.25) is 0 Å². The van der Waals surface area contributed by atoms with Crippen molar-refractivity contribution in [2.24, 2.45) is 0 Å². The molecule has 0 aromatic heterocycles. The molecule has 3 nitrogen and oxygen atoms in total. The Kier molecular flexibility index (Phi) is 12.1. The van der Waals surface area contributed by atoms with E-state index in [0.717, 1.165) is 25.7 Å². The Morgan fingerprint density at radius 1 is 0.864 bits per heavy atom. The van der Waals surface area contributed by atoms with Gasteiger partial charge in [-0.15, -0.1) is 0 Å². The van der Waals surface area contributed by atoms with Crippen molar-refractivity contribution in [2.45, 2.75) is 66.2 Å². The summed E-state index contributed by atoms with van der Waals surface area (Å²) >= 11 is 0. The second kappa shape index (κ2) is 12.6. The van der Waals surface area contributed by atoms with Crippen LogP contribution in [0.15, 0.2) is 34.9 Å². The monoisotopic (exact) mass is 326 g/mol. The molecule has 1 N–H and O–H groups in total. The third kappa shape index (κ3) is 14.0. The molecule has 0 aromatic carbocycles. The quantitative estimate of drug-likeness (QED) is 0.418. The first-order chi connectivity index (χ1) is 10.3. The van der Waals surface area contributed by atoms with Crippen LogP contribution in [-0.2, 0) is 9.36 Å². The Morgan fingerprint density at radius 2 is 1.32 bits per heavy atom. The molecule has 0 aliphatic carbocycles. The van der Waals surface area contributed by atoms with Gasteiger partial charge in [-0.05, 0) is 59.8 Å². The van der Waals surface area contributed by atoms with E-state index in [1.807, 2.05) is 0 Å². The zero-order chi connectivity index (χ0) is 17.0. The number of Topliss-reactive ketones (excluding diaryl/α,β-unsaturated/α-hetero) is 1. The van der Waals surface area contributed by atoms with E-state index in [0.29, 0.717) is 12.8 Å². The lowest BCUT2D eigenvalue weighted by atomic mass is 10.1. The van der Waals surface area contributed by atoms with Gasteiger partial charge in [-0.25, -0.2) is 0 Å². The molecule has 0 fully saturated rings. The molecule has 0 radical (unpaired) electrons. The van der Waals surface area contributed by atoms with Gasteiger partial charge in [0.2, 0.25) is 0 Å². The van der Waals surface area contributed by atoms with Gasteiger partial charge in [-0.2, -0.15) is 0 Å². The number of hydrogen-bond donors (Lipinski definition) is 1. The van der Waals surface area contributed by atoms with Gasteiger partial charge < -0.3 is 4.89 Å². The van der Waals surface area contributed by atoms with E-state index >= 15 is 0 Å². The standard InChI is InChI=1S/C18H31O3P/c1-15(2)8-5-9-16(3)10-6-11-17(4)12-7-13-18(19)14-22(20)21/h8,10,12,22H,5-7,9,11,13-14H2,1-4H3,(H,20,21)/b16-10+,17-12+. The summed E-state index contributed by atoms with van der Waals surface area (Å²) in [7, 11) is -2.65. The third-order valence-corrected chi connectivity index (χ3v) is 4.08. The summed E-state index contributed by atoms with van der Waals surface area (Å²) in [6, 6.07) is 0. The number of carbonyl (C=O) groups is 1. The highest BCUT2D eigenvalue weighted by Gasteiger charge is 2.03. The van der Waals surface area contributed by atoms with Crippen LogP contribution in [0, 0.1) is 0 Å². The lowest BCUT2D eigenvalue weighted by Crippen LogP contribution is -1.99. The smallest absolute Gasteiger partial charge is 0.196 e. The predicted octanol–water partition coefficient (Wildman–Crippen LogP) is 5.22. The van der Waals surface area contributed by atoms with E-state index in [1.54, 1.807) is 0 Å². The van der Waals surface area contributed by atoms with Crippen LogP contribution in [0.5, 0.6) is 0 Å². The fraction of sp³-hybridized carbons (Fsp3) is 0.611. The molecule has 126 valence electrons. The summed E-state index contributed by atoms with van der Waals surface area (Å²) in [4.78, 5) is 20.0. The maximum atomic E-state index is 11.3. The molecule has 0 aliphatic rings. The van der Waals surface area contributed by atoms with Gasteiger partial charge in [0.05, 0.1) is 6.16 Å². The van der Waals surface area contributed by atoms with Gasteiger partial charge in [0.25, 0.3) is 0 Å². The van der Waals surface area contributed by atoms with Crippen LogP contribution in [0.3, 0.4) is 0 Å². The van der Waals surface area contributed by atoms with Crippen molar-refractivity contribution in [3.8, 4) is 0 Å². The highest BCUT2D eigenvalue weighted by molar-refractivity contribution is 7.39. The Bertz CT molecular complexity index is 455. The highest BCUT2D eigenvalue weighted by Crippen LogP contribution is 2.15. The molecule has 4 heteroatoms. The predicted molar refractivity (Wildman–Crippen MR) is 95.7 cm³/mol. The molecule has 0 saturated carbocycles. The first-order valence-electron chi connectivity index (χ1n) is 7.99. The summed E-state index contributed by atoms with van der Waals surface area (Å²) < 4.78 is 10.6. The highest BCUT2D eigenvalue weighted by atomic mass is 31.1. The molecular weight excluding hydrogens is 295 g/mol. The average molecular weight is 326 g/mol. The summed E-state index contributed by atoms with van der Waals surface area (Å²) in [6.07, 6.45) is 11.7. The maximum absolute atomic E-state index is 11.3. The van der Waals surface area contributed by atoms with Gasteiger partial charge in [-0.1, -0.05) is 34.9 Å². The summed E-state index contributed by atoms with van der Waals surface area (Å²) in [5.74, 6) is -0.120. The topological polar surface area (TPSA) is 54.4 Å². The van der Waals surface area contributed by atoms with E-state index in [9.17, 15) is 9.36 Å². The molecule has 0 bridgehead atoms. The molecule has 1 unspecified atom stereocenters. The number of ketones is 1. The van der Waals surface area contributed by atoms with E-state index in [-0.39, 0.29) is 11.9 Å². The van der Waals surface area contributed by atoms with Crippen molar-refractivity contribution < 1.29 is 14.3 Å². The van der Waals surface area contributed by atoms with Crippen LogP contribution in [-0.4, -0.2) is 16.8 Å². The summed E-state index contributed by atoms with van der Waals surface area (Å²) in [5, 5.41) is 0. The van der Waals surface area contributed by atoms with Crippen LogP contribution in [0.25, 0.3) is 0 Å². The molecule has 0 aromatic rings. The van der Waals surface area contributed by atoms with Crippen LogP contribution in [0.1, 0.15) is 66.2 Å². The van der Waals surface area contributed by atoms with Crippen LogP contribution < -0.4 is 0 Å². The molecule has 0 aliphatic heterocycles. The van der Waals surface area contributed by atoms with Crippen molar-refractivity contribution in [2.75, 3.05) is 6.16 Å². The minimum atomic E-state index is -2.65. The van der Waals surface area contributed by atoms with Gasteiger partial charge in [0.1, 0.15) is 5.78 Å². The molecule has 0 rings (SSSR count). The number of allylic oxidation sites excluding steroid dienone is 6. The first-order valence-corrected chi connectivity index (χ1v) is 9.55. The SMILES string of the molecule is CC(C)=CCC/C(C)=C/CC/C(C)=C/CCC(=O)C[PH](=O)O. The number of carbonyl (C=O) groups excluding carboxylic acids is 1. The van der Waals surface area contributed by atoms with Gasteiger partial charge in [0, 0.05) is 6.42 Å². The Labute approximate surface area is 136 Å². The van der Waals surface area contributed by atoms with Crippen molar-refractivity contribution in [1.82, 2.24) is 0 Å². The first kappa shape index (κ1) is 21.1. The molecule has 0 saturated heterocycles. The summed E-state index contributed by atoms with van der Waals surface area (Å²) in [5.41, 5.74) is 4.07. The van der Waals surface area contributed by atoms with Crippen molar-refractivity contribution >= 4 is 13.8 Å². The lowest BCUT2D eigenvalue weighted by Gasteiger charge is -2.02. The number of rotatable bonds is 11. The molecule has 1 atom stereocenters. The second-order valence-corrected chi connectivity index (χ2v) is 7.25. The second-order valence-electron chi connectivity index (χ2n) is 6.11. The minimum Gasteiger partial charge on any atom is -0.346 e. The Balaban J connectivity index is 3.94.